The number of amides is 1. The lowest BCUT2D eigenvalue weighted by molar-refractivity contribution is -0.274. The number of ether oxygens (including phenoxy) is 3. The van der Waals surface area contributed by atoms with E-state index in [1.54, 1.807) is 25.3 Å². The maximum Gasteiger partial charge on any atom is 0.573 e. The fraction of sp³-hybridized carbons (Fsp3) is 0.318. The molecule has 1 heterocycles. The van der Waals surface area contributed by atoms with Gasteiger partial charge in [-0.25, -0.2) is 5.43 Å². The quantitative estimate of drug-likeness (QED) is 0.591. The van der Waals surface area contributed by atoms with Crippen molar-refractivity contribution in [3.63, 3.8) is 0 Å². The molecule has 0 radical (unpaired) electrons. The van der Waals surface area contributed by atoms with Crippen molar-refractivity contribution in [3.8, 4) is 11.5 Å². The van der Waals surface area contributed by atoms with E-state index >= 15 is 0 Å². The van der Waals surface area contributed by atoms with Crippen molar-refractivity contribution >= 4 is 17.3 Å². The van der Waals surface area contributed by atoms with Crippen molar-refractivity contribution < 1.29 is 32.2 Å². The molecule has 1 unspecified atom stereocenters. The highest BCUT2D eigenvalue weighted by molar-refractivity contribution is 6.04. The van der Waals surface area contributed by atoms with Crippen LogP contribution in [0, 0.1) is 0 Å². The molecule has 0 fully saturated rings. The van der Waals surface area contributed by atoms with E-state index in [9.17, 15) is 18.0 Å². The zero-order chi connectivity index (χ0) is 23.3. The van der Waals surface area contributed by atoms with Gasteiger partial charge in [-0.15, -0.1) is 13.2 Å². The predicted molar refractivity (Wildman–Crippen MR) is 113 cm³/mol. The Morgan fingerprint density at radius 3 is 2.47 bits per heavy atom. The third-order valence-electron chi connectivity index (χ3n) is 4.57. The molecular weight excluding hydrogens is 427 g/mol. The number of benzene rings is 2. The normalized spacial score (nSPS) is 16.0. The fourth-order valence-electron chi connectivity index (χ4n) is 3.21. The van der Waals surface area contributed by atoms with Crippen LogP contribution in [0.5, 0.6) is 11.5 Å². The highest BCUT2D eigenvalue weighted by Gasteiger charge is 2.31. The van der Waals surface area contributed by atoms with Crippen LogP contribution in [-0.4, -0.2) is 50.7 Å². The Kier molecular flexibility index (Phi) is 7.26. The summed E-state index contributed by atoms with van der Waals surface area (Å²) in [7, 11) is 3.47. The molecule has 0 bridgehead atoms. The van der Waals surface area contributed by atoms with Gasteiger partial charge < -0.3 is 24.5 Å². The largest absolute Gasteiger partial charge is 0.573 e. The second-order valence-electron chi connectivity index (χ2n) is 7.11. The monoisotopic (exact) mass is 451 g/mol. The maximum absolute atomic E-state index is 12.6. The Morgan fingerprint density at radius 2 is 1.88 bits per heavy atom. The molecule has 1 aliphatic rings. The zero-order valence-corrected chi connectivity index (χ0v) is 17.8. The Bertz CT molecular complexity index is 977. The van der Waals surface area contributed by atoms with Crippen molar-refractivity contribution in [2.75, 3.05) is 32.7 Å². The maximum atomic E-state index is 12.6. The van der Waals surface area contributed by atoms with E-state index < -0.39 is 18.0 Å². The molecule has 7 nitrogen and oxygen atoms in total. The van der Waals surface area contributed by atoms with Gasteiger partial charge in [-0.05, 0) is 55.5 Å². The average Bonchev–Trinajstić information content (AvgIpc) is 3.06. The molecule has 32 heavy (non-hydrogen) atoms. The fourth-order valence-corrected chi connectivity index (χ4v) is 3.21. The van der Waals surface area contributed by atoms with Crippen LogP contribution in [0.15, 0.2) is 48.5 Å². The molecule has 1 aliphatic heterocycles. The van der Waals surface area contributed by atoms with Crippen LogP contribution in [-0.2, 0) is 4.74 Å². The van der Waals surface area contributed by atoms with Crippen molar-refractivity contribution in [2.45, 2.75) is 19.3 Å². The highest BCUT2D eigenvalue weighted by Crippen LogP contribution is 2.33. The van der Waals surface area contributed by atoms with Gasteiger partial charge in [-0.3, -0.25) is 4.79 Å². The summed E-state index contributed by atoms with van der Waals surface area (Å²) in [6.45, 7) is 2.80. The number of anilines is 1. The third-order valence-corrected chi connectivity index (χ3v) is 4.57. The molecule has 172 valence electrons. The van der Waals surface area contributed by atoms with Gasteiger partial charge in [0.15, 0.2) is 0 Å². The first kappa shape index (κ1) is 23.4. The van der Waals surface area contributed by atoms with Crippen LogP contribution in [0.3, 0.4) is 0 Å². The molecular formula is C22H24F3N3O4. The number of hydrogen-bond acceptors (Lipinski definition) is 6. The van der Waals surface area contributed by atoms with E-state index in [1.165, 1.54) is 12.1 Å². The van der Waals surface area contributed by atoms with Gasteiger partial charge in [0.2, 0.25) is 0 Å². The SMILES string of the molecule is COCCOc1ccc(NC(=O)c2ccc(OC(F)(F)F)cc2)cc1C1=CC(C)NN1C. The van der Waals surface area contributed by atoms with Crippen LogP contribution >= 0.6 is 0 Å². The Balaban J connectivity index is 1.79. The molecule has 0 saturated heterocycles. The van der Waals surface area contributed by atoms with Crippen LogP contribution in [0.1, 0.15) is 22.8 Å². The number of hydrogen-bond donors (Lipinski definition) is 2. The van der Waals surface area contributed by atoms with E-state index in [0.29, 0.717) is 24.7 Å². The molecule has 10 heteroatoms. The van der Waals surface area contributed by atoms with Crippen molar-refractivity contribution in [1.29, 1.82) is 0 Å². The van der Waals surface area contributed by atoms with Gasteiger partial charge in [0.05, 0.1) is 12.3 Å². The zero-order valence-electron chi connectivity index (χ0n) is 17.8. The minimum atomic E-state index is -4.79. The Morgan fingerprint density at radius 1 is 1.16 bits per heavy atom. The van der Waals surface area contributed by atoms with E-state index in [2.05, 4.69) is 15.5 Å². The first-order valence-corrected chi connectivity index (χ1v) is 9.81. The average molecular weight is 451 g/mol. The molecule has 2 aromatic rings. The summed E-state index contributed by atoms with van der Waals surface area (Å²) in [5, 5.41) is 4.63. The van der Waals surface area contributed by atoms with E-state index in [4.69, 9.17) is 9.47 Å². The minimum Gasteiger partial charge on any atom is -0.490 e. The Hall–Kier alpha value is -3.24. The summed E-state index contributed by atoms with van der Waals surface area (Å²) in [5.74, 6) is -0.239. The van der Waals surface area contributed by atoms with Gasteiger partial charge in [0, 0.05) is 37.0 Å². The van der Waals surface area contributed by atoms with Crippen LogP contribution in [0.2, 0.25) is 0 Å². The summed E-state index contributed by atoms with van der Waals surface area (Å²) >= 11 is 0. The van der Waals surface area contributed by atoms with Crippen LogP contribution < -0.4 is 20.2 Å². The molecule has 0 aromatic heterocycles. The van der Waals surface area contributed by atoms with Crippen molar-refractivity contribution in [1.82, 2.24) is 10.4 Å². The van der Waals surface area contributed by atoms with Gasteiger partial charge in [-0.2, -0.15) is 0 Å². The van der Waals surface area contributed by atoms with Gasteiger partial charge in [-0.1, -0.05) is 0 Å². The van der Waals surface area contributed by atoms with Crippen molar-refractivity contribution in [3.05, 3.63) is 59.7 Å². The first-order chi connectivity index (χ1) is 15.2. The van der Waals surface area contributed by atoms with E-state index in [1.807, 2.05) is 25.1 Å². The van der Waals surface area contributed by atoms with Gasteiger partial charge in [0.25, 0.3) is 5.91 Å². The molecule has 0 aliphatic carbocycles. The lowest BCUT2D eigenvalue weighted by Gasteiger charge is -2.21. The molecule has 0 saturated carbocycles. The molecule has 1 atom stereocenters. The third kappa shape index (κ3) is 6.14. The smallest absolute Gasteiger partial charge is 0.490 e. The number of carbonyl (C=O) groups is 1. The van der Waals surface area contributed by atoms with Crippen LogP contribution in [0.4, 0.5) is 18.9 Å². The number of nitrogens with zero attached hydrogens (tertiary/aromatic N) is 1. The minimum absolute atomic E-state index is 0.123. The number of halogens is 3. The lowest BCUT2D eigenvalue weighted by Crippen LogP contribution is -2.31. The van der Waals surface area contributed by atoms with Crippen molar-refractivity contribution in [2.24, 2.45) is 0 Å². The molecule has 2 aromatic carbocycles. The summed E-state index contributed by atoms with van der Waals surface area (Å²) in [6.07, 6.45) is -2.76. The number of hydrazine groups is 1. The lowest BCUT2D eigenvalue weighted by atomic mass is 10.1. The number of carbonyl (C=O) groups excluding carboxylic acids is 1. The van der Waals surface area contributed by atoms with Crippen LogP contribution in [0.25, 0.3) is 5.70 Å². The number of methoxy groups -OCH3 is 1. The molecule has 1 amide bonds. The van der Waals surface area contributed by atoms with E-state index in [-0.39, 0.29) is 11.6 Å². The van der Waals surface area contributed by atoms with Gasteiger partial charge in [0.1, 0.15) is 18.1 Å². The summed E-state index contributed by atoms with van der Waals surface area (Å²) in [6, 6.07) is 10.0. The first-order valence-electron chi connectivity index (χ1n) is 9.81. The molecule has 3 rings (SSSR count). The predicted octanol–water partition coefficient (Wildman–Crippen LogP) is 4.04. The number of alkyl halides is 3. The molecule has 2 N–H and O–H groups in total. The van der Waals surface area contributed by atoms with E-state index in [0.717, 1.165) is 23.4 Å². The number of nitrogens with one attached hydrogen (secondary N) is 2. The highest BCUT2D eigenvalue weighted by atomic mass is 19.4. The second kappa shape index (κ2) is 9.92. The van der Waals surface area contributed by atoms with Gasteiger partial charge >= 0.3 is 6.36 Å². The molecule has 0 spiro atoms. The standard InChI is InChI=1S/C22H24F3N3O4/c1-14-12-19(28(2)27-14)18-13-16(6-9-20(18)31-11-10-30-3)26-21(29)15-4-7-17(8-5-15)32-22(23,24)25/h4-9,12-14,27H,10-11H2,1-3H3,(H,26,29). The topological polar surface area (TPSA) is 72.1 Å². The Labute approximate surface area is 183 Å². The summed E-state index contributed by atoms with van der Waals surface area (Å²) in [5.41, 5.74) is 5.60. The number of rotatable bonds is 8. The summed E-state index contributed by atoms with van der Waals surface area (Å²) < 4.78 is 51.6. The summed E-state index contributed by atoms with van der Waals surface area (Å²) in [4.78, 5) is 12.6. The second-order valence-corrected chi connectivity index (χ2v) is 7.11.